The highest BCUT2D eigenvalue weighted by atomic mass is 16.3. The van der Waals surface area contributed by atoms with Crippen LogP contribution < -0.4 is 5.32 Å². The summed E-state index contributed by atoms with van der Waals surface area (Å²) in [4.78, 5) is 0. The minimum Gasteiger partial charge on any atom is -0.392 e. The Kier molecular flexibility index (Phi) is 5.16. The maximum atomic E-state index is 9.56. The third kappa shape index (κ3) is 3.83. The van der Waals surface area contributed by atoms with Gasteiger partial charge in [0, 0.05) is 12.6 Å². The minimum absolute atomic E-state index is 0.246. The van der Waals surface area contributed by atoms with Gasteiger partial charge in [-0.1, -0.05) is 19.1 Å². The normalized spacial score (nSPS) is 14.7. The third-order valence-corrected chi connectivity index (χ3v) is 3.48. The largest absolute Gasteiger partial charge is 0.392 e. The fourth-order valence-electron chi connectivity index (χ4n) is 2.02. The zero-order chi connectivity index (χ0) is 13.0. The number of nitrogens with one attached hydrogen (secondary N) is 1. The van der Waals surface area contributed by atoms with Gasteiger partial charge in [0.25, 0.3) is 0 Å². The number of aliphatic hydroxyl groups excluding tert-OH is 1. The van der Waals surface area contributed by atoms with E-state index < -0.39 is 0 Å². The summed E-state index contributed by atoms with van der Waals surface area (Å²) < 4.78 is 0. The summed E-state index contributed by atoms with van der Waals surface area (Å²) in [5, 5.41) is 12.9. The molecule has 1 aromatic rings. The summed E-state index contributed by atoms with van der Waals surface area (Å²) in [6, 6.07) is 4.77. The summed E-state index contributed by atoms with van der Waals surface area (Å²) in [6.07, 6.45) is 0.551. The fraction of sp³-hybridized carbons (Fsp3) is 0.600. The Morgan fingerprint density at radius 2 is 1.71 bits per heavy atom. The van der Waals surface area contributed by atoms with Gasteiger partial charge in [-0.25, -0.2) is 0 Å². The first-order chi connectivity index (χ1) is 7.95. The van der Waals surface area contributed by atoms with Gasteiger partial charge in [0.2, 0.25) is 0 Å². The molecule has 17 heavy (non-hydrogen) atoms. The monoisotopic (exact) mass is 235 g/mol. The van der Waals surface area contributed by atoms with Crippen LogP contribution in [0.25, 0.3) is 0 Å². The van der Waals surface area contributed by atoms with Crippen LogP contribution in [0, 0.1) is 20.8 Å². The third-order valence-electron chi connectivity index (χ3n) is 3.48. The van der Waals surface area contributed by atoms with Crippen LogP contribution in [0.1, 0.15) is 48.6 Å². The van der Waals surface area contributed by atoms with E-state index in [0.29, 0.717) is 6.54 Å². The van der Waals surface area contributed by atoms with Crippen LogP contribution in [0.15, 0.2) is 12.1 Å². The number of rotatable bonds is 5. The molecule has 2 atom stereocenters. The quantitative estimate of drug-likeness (QED) is 0.822. The average molecular weight is 235 g/mol. The molecule has 2 N–H and O–H groups in total. The second-order valence-electron chi connectivity index (χ2n) is 4.99. The highest BCUT2D eigenvalue weighted by Crippen LogP contribution is 2.21. The van der Waals surface area contributed by atoms with E-state index >= 15 is 0 Å². The zero-order valence-electron chi connectivity index (χ0n) is 11.7. The molecule has 0 bridgehead atoms. The molecule has 0 heterocycles. The van der Waals surface area contributed by atoms with Gasteiger partial charge in [-0.15, -0.1) is 0 Å². The maximum Gasteiger partial charge on any atom is 0.0662 e. The summed E-state index contributed by atoms with van der Waals surface area (Å²) in [6.45, 7) is 11.2. The van der Waals surface area contributed by atoms with Crippen molar-refractivity contribution in [1.29, 1.82) is 0 Å². The molecular weight excluding hydrogens is 210 g/mol. The van der Waals surface area contributed by atoms with Crippen molar-refractivity contribution in [1.82, 2.24) is 5.32 Å². The minimum atomic E-state index is -0.246. The molecule has 0 aliphatic carbocycles. The Bertz CT molecular complexity index is 373. The summed E-state index contributed by atoms with van der Waals surface area (Å²) >= 11 is 0. The Hall–Kier alpha value is -0.860. The predicted octanol–water partition coefficient (Wildman–Crippen LogP) is 3.03. The van der Waals surface area contributed by atoms with Crippen molar-refractivity contribution in [2.45, 2.75) is 53.2 Å². The number of hydrogen-bond donors (Lipinski definition) is 2. The van der Waals surface area contributed by atoms with Gasteiger partial charge in [-0.2, -0.15) is 0 Å². The van der Waals surface area contributed by atoms with Crippen molar-refractivity contribution in [3.8, 4) is 0 Å². The molecule has 1 aromatic carbocycles. The first-order valence-electron chi connectivity index (χ1n) is 6.44. The maximum absolute atomic E-state index is 9.56. The van der Waals surface area contributed by atoms with Crippen LogP contribution in [0.5, 0.6) is 0 Å². The van der Waals surface area contributed by atoms with Gasteiger partial charge in [-0.05, 0) is 56.4 Å². The van der Waals surface area contributed by atoms with Gasteiger partial charge in [0.15, 0.2) is 0 Å². The Morgan fingerprint density at radius 3 is 2.29 bits per heavy atom. The zero-order valence-corrected chi connectivity index (χ0v) is 11.7. The molecule has 2 heteroatoms. The highest BCUT2D eigenvalue weighted by Gasteiger charge is 2.10. The molecule has 0 aliphatic heterocycles. The van der Waals surface area contributed by atoms with E-state index in [1.165, 1.54) is 22.3 Å². The molecule has 0 aliphatic rings. The molecule has 0 fully saturated rings. The number of benzene rings is 1. The van der Waals surface area contributed by atoms with Crippen LogP contribution >= 0.6 is 0 Å². The van der Waals surface area contributed by atoms with Crippen LogP contribution in [0.4, 0.5) is 0 Å². The molecule has 2 nitrogen and oxygen atoms in total. The van der Waals surface area contributed by atoms with Crippen molar-refractivity contribution in [2.75, 3.05) is 6.54 Å². The molecule has 0 amide bonds. The molecular formula is C15H25NO. The van der Waals surface area contributed by atoms with Crippen LogP contribution in [-0.2, 0) is 0 Å². The van der Waals surface area contributed by atoms with Crippen molar-refractivity contribution in [2.24, 2.45) is 0 Å². The van der Waals surface area contributed by atoms with E-state index in [4.69, 9.17) is 0 Å². The first kappa shape index (κ1) is 14.2. The standard InChI is InChI=1S/C15H25NO/c1-6-14(17)9-16-13(5)15-8-11(3)10(2)7-12(15)4/h7-8,13-14,16-17H,6,9H2,1-5H3. The molecule has 2 unspecified atom stereocenters. The van der Waals surface area contributed by atoms with Gasteiger partial charge >= 0.3 is 0 Å². The Labute approximate surface area is 105 Å². The van der Waals surface area contributed by atoms with E-state index in [9.17, 15) is 5.11 Å². The van der Waals surface area contributed by atoms with Gasteiger partial charge in [0.1, 0.15) is 0 Å². The van der Waals surface area contributed by atoms with Crippen molar-refractivity contribution in [3.05, 3.63) is 34.4 Å². The lowest BCUT2D eigenvalue weighted by atomic mass is 9.96. The van der Waals surface area contributed by atoms with Crippen LogP contribution in [-0.4, -0.2) is 17.8 Å². The van der Waals surface area contributed by atoms with E-state index in [1.54, 1.807) is 0 Å². The molecule has 0 spiro atoms. The molecule has 0 saturated heterocycles. The SMILES string of the molecule is CCC(O)CNC(C)c1cc(C)c(C)cc1C. The summed E-state index contributed by atoms with van der Waals surface area (Å²) in [5.41, 5.74) is 5.32. The van der Waals surface area contributed by atoms with E-state index in [0.717, 1.165) is 6.42 Å². The van der Waals surface area contributed by atoms with Crippen molar-refractivity contribution >= 4 is 0 Å². The lowest BCUT2D eigenvalue weighted by Crippen LogP contribution is -2.29. The smallest absolute Gasteiger partial charge is 0.0662 e. The average Bonchev–Trinajstić information content (AvgIpc) is 2.30. The van der Waals surface area contributed by atoms with Crippen LogP contribution in [0.3, 0.4) is 0 Å². The fourth-order valence-corrected chi connectivity index (χ4v) is 2.02. The topological polar surface area (TPSA) is 32.3 Å². The van der Waals surface area contributed by atoms with Crippen molar-refractivity contribution in [3.63, 3.8) is 0 Å². The number of hydrogen-bond acceptors (Lipinski definition) is 2. The Morgan fingerprint density at radius 1 is 1.12 bits per heavy atom. The lowest BCUT2D eigenvalue weighted by molar-refractivity contribution is 0.163. The summed E-state index contributed by atoms with van der Waals surface area (Å²) in [5.74, 6) is 0. The number of aryl methyl sites for hydroxylation is 3. The molecule has 0 saturated carbocycles. The van der Waals surface area contributed by atoms with E-state index in [1.807, 2.05) is 6.92 Å². The lowest BCUT2D eigenvalue weighted by Gasteiger charge is -2.20. The summed E-state index contributed by atoms with van der Waals surface area (Å²) in [7, 11) is 0. The molecule has 96 valence electrons. The van der Waals surface area contributed by atoms with E-state index in [2.05, 4.69) is 45.1 Å². The highest BCUT2D eigenvalue weighted by molar-refractivity contribution is 5.37. The molecule has 1 rings (SSSR count). The second-order valence-corrected chi connectivity index (χ2v) is 4.99. The number of aliphatic hydroxyl groups is 1. The first-order valence-corrected chi connectivity index (χ1v) is 6.44. The van der Waals surface area contributed by atoms with Crippen LogP contribution in [0.2, 0.25) is 0 Å². The second kappa shape index (κ2) is 6.18. The van der Waals surface area contributed by atoms with Gasteiger partial charge in [0.05, 0.1) is 6.10 Å². The van der Waals surface area contributed by atoms with E-state index in [-0.39, 0.29) is 12.1 Å². The predicted molar refractivity (Wildman–Crippen MR) is 73.4 cm³/mol. The van der Waals surface area contributed by atoms with Crippen molar-refractivity contribution < 1.29 is 5.11 Å². The van der Waals surface area contributed by atoms with Gasteiger partial charge in [-0.3, -0.25) is 0 Å². The molecule has 0 aromatic heterocycles. The van der Waals surface area contributed by atoms with Gasteiger partial charge < -0.3 is 10.4 Å². The Balaban J connectivity index is 2.75. The molecule has 0 radical (unpaired) electrons.